The molecule has 3 rings (SSSR count). The molecular weight excluding hydrogens is 390 g/mol. The van der Waals surface area contributed by atoms with Crippen molar-refractivity contribution in [2.24, 2.45) is 0 Å². The van der Waals surface area contributed by atoms with Crippen molar-refractivity contribution in [3.63, 3.8) is 0 Å². The summed E-state index contributed by atoms with van der Waals surface area (Å²) in [4.78, 5) is 12.6. The van der Waals surface area contributed by atoms with Gasteiger partial charge in [0.05, 0.1) is 24.7 Å². The molecule has 2 aromatic rings. The molecule has 8 heteroatoms. The number of anilines is 2. The summed E-state index contributed by atoms with van der Waals surface area (Å²) in [5.74, 6) is -0.162. The molecule has 1 fully saturated rings. The number of carbonyl (C=O) groups excluding carboxylic acids is 1. The van der Waals surface area contributed by atoms with Crippen molar-refractivity contribution in [2.45, 2.75) is 25.7 Å². The Morgan fingerprint density at radius 3 is 2.21 bits per heavy atom. The van der Waals surface area contributed by atoms with E-state index in [1.54, 1.807) is 24.3 Å². The minimum absolute atomic E-state index is 0.0856. The molecule has 7 nitrogen and oxygen atoms in total. The summed E-state index contributed by atoms with van der Waals surface area (Å²) >= 11 is 0. The number of nitrogens with one attached hydrogen (secondary N) is 2. The molecule has 1 heterocycles. The number of nitrogens with zero attached hydrogens (tertiary/aromatic N) is 1. The Labute approximate surface area is 172 Å². The van der Waals surface area contributed by atoms with Gasteiger partial charge < -0.3 is 15.4 Å². The molecule has 1 saturated heterocycles. The van der Waals surface area contributed by atoms with Gasteiger partial charge in [-0.15, -0.1) is 0 Å². The van der Waals surface area contributed by atoms with E-state index in [1.807, 2.05) is 32.9 Å². The van der Waals surface area contributed by atoms with E-state index in [1.165, 1.54) is 4.31 Å². The highest BCUT2D eigenvalue weighted by Crippen LogP contribution is 2.22. The monoisotopic (exact) mass is 417 g/mol. The molecule has 0 bridgehead atoms. The zero-order valence-corrected chi connectivity index (χ0v) is 17.8. The number of amides is 1. The van der Waals surface area contributed by atoms with E-state index in [2.05, 4.69) is 10.6 Å². The molecule has 2 aromatic carbocycles. The van der Waals surface area contributed by atoms with E-state index in [0.717, 1.165) is 22.4 Å². The highest BCUT2D eigenvalue weighted by Gasteiger charge is 2.26. The summed E-state index contributed by atoms with van der Waals surface area (Å²) in [5, 5.41) is 5.97. The van der Waals surface area contributed by atoms with E-state index in [-0.39, 0.29) is 17.3 Å². The van der Waals surface area contributed by atoms with Crippen LogP contribution in [0.2, 0.25) is 0 Å². The fourth-order valence-electron chi connectivity index (χ4n) is 3.42. The second kappa shape index (κ2) is 8.94. The maximum absolute atomic E-state index is 12.6. The van der Waals surface area contributed by atoms with Crippen LogP contribution in [0.15, 0.2) is 41.3 Å². The molecule has 0 radical (unpaired) electrons. The Morgan fingerprint density at radius 2 is 1.62 bits per heavy atom. The number of benzene rings is 2. The van der Waals surface area contributed by atoms with Crippen LogP contribution in [0.1, 0.15) is 16.7 Å². The summed E-state index contributed by atoms with van der Waals surface area (Å²) in [5.41, 5.74) is 4.71. The van der Waals surface area contributed by atoms with Gasteiger partial charge in [0, 0.05) is 24.5 Å². The van der Waals surface area contributed by atoms with E-state index >= 15 is 0 Å². The normalized spacial score (nSPS) is 15.1. The van der Waals surface area contributed by atoms with Crippen molar-refractivity contribution in [1.29, 1.82) is 0 Å². The zero-order chi connectivity index (χ0) is 21.0. The molecule has 156 valence electrons. The molecule has 0 spiro atoms. The number of carbonyl (C=O) groups is 1. The van der Waals surface area contributed by atoms with Crippen LogP contribution < -0.4 is 10.6 Å². The van der Waals surface area contributed by atoms with Gasteiger partial charge in [-0.2, -0.15) is 4.31 Å². The molecular formula is C21H27N3O4S. The first-order chi connectivity index (χ1) is 13.8. The van der Waals surface area contributed by atoms with Gasteiger partial charge >= 0.3 is 0 Å². The van der Waals surface area contributed by atoms with Gasteiger partial charge in [-0.05, 0) is 56.2 Å². The van der Waals surface area contributed by atoms with E-state index in [0.29, 0.717) is 32.0 Å². The molecule has 2 N–H and O–H groups in total. The van der Waals surface area contributed by atoms with Crippen LogP contribution >= 0.6 is 0 Å². The van der Waals surface area contributed by atoms with Gasteiger partial charge in [-0.1, -0.05) is 17.7 Å². The summed E-state index contributed by atoms with van der Waals surface area (Å²) < 4.78 is 31.9. The maximum Gasteiger partial charge on any atom is 0.243 e. The lowest BCUT2D eigenvalue weighted by Crippen LogP contribution is -2.40. The van der Waals surface area contributed by atoms with Gasteiger partial charge in [0.15, 0.2) is 0 Å². The minimum Gasteiger partial charge on any atom is -0.379 e. The Balaban J connectivity index is 1.60. The first-order valence-electron chi connectivity index (χ1n) is 9.57. The third-order valence-corrected chi connectivity index (χ3v) is 6.77. The van der Waals surface area contributed by atoms with E-state index in [4.69, 9.17) is 4.74 Å². The summed E-state index contributed by atoms with van der Waals surface area (Å²) in [6, 6.07) is 10.5. The first kappa shape index (κ1) is 21.3. The number of rotatable bonds is 6. The van der Waals surface area contributed by atoms with Crippen LogP contribution in [0.5, 0.6) is 0 Å². The van der Waals surface area contributed by atoms with Crippen molar-refractivity contribution < 1.29 is 17.9 Å². The molecule has 1 amide bonds. The van der Waals surface area contributed by atoms with Crippen molar-refractivity contribution >= 4 is 27.3 Å². The summed E-state index contributed by atoms with van der Waals surface area (Å²) in [6.45, 7) is 7.59. The first-order valence-corrected chi connectivity index (χ1v) is 11.0. The average Bonchev–Trinajstić information content (AvgIpc) is 2.70. The van der Waals surface area contributed by atoms with Gasteiger partial charge in [0.2, 0.25) is 15.9 Å². The molecule has 0 atom stereocenters. The van der Waals surface area contributed by atoms with Gasteiger partial charge in [0.25, 0.3) is 0 Å². The summed E-state index contributed by atoms with van der Waals surface area (Å²) in [6.07, 6.45) is 0. The Hall–Kier alpha value is -2.42. The lowest BCUT2D eigenvalue weighted by atomic mass is 10.1. The van der Waals surface area contributed by atoms with Crippen LogP contribution in [0.4, 0.5) is 11.4 Å². The number of aryl methyl sites for hydroxylation is 3. The Bertz CT molecular complexity index is 958. The molecule has 1 aliphatic rings. The number of sulfonamides is 1. The maximum atomic E-state index is 12.6. The van der Waals surface area contributed by atoms with Gasteiger partial charge in [0.1, 0.15) is 0 Å². The highest BCUT2D eigenvalue weighted by atomic mass is 32.2. The number of ether oxygens (including phenoxy) is 1. The van der Waals surface area contributed by atoms with Crippen LogP contribution in [0.3, 0.4) is 0 Å². The van der Waals surface area contributed by atoms with Crippen molar-refractivity contribution in [2.75, 3.05) is 43.5 Å². The zero-order valence-electron chi connectivity index (χ0n) is 17.0. The van der Waals surface area contributed by atoms with Crippen LogP contribution in [0.25, 0.3) is 0 Å². The topological polar surface area (TPSA) is 87.7 Å². The van der Waals surface area contributed by atoms with Crippen molar-refractivity contribution in [3.8, 4) is 0 Å². The van der Waals surface area contributed by atoms with Crippen LogP contribution in [0, 0.1) is 20.8 Å². The minimum atomic E-state index is -3.52. The molecule has 29 heavy (non-hydrogen) atoms. The second-order valence-electron chi connectivity index (χ2n) is 7.22. The summed E-state index contributed by atoms with van der Waals surface area (Å²) in [7, 11) is -3.52. The fourth-order valence-corrected chi connectivity index (χ4v) is 4.83. The quantitative estimate of drug-likeness (QED) is 0.755. The molecule has 1 aliphatic heterocycles. The second-order valence-corrected chi connectivity index (χ2v) is 9.15. The predicted molar refractivity (Wildman–Crippen MR) is 114 cm³/mol. The van der Waals surface area contributed by atoms with Crippen molar-refractivity contribution in [1.82, 2.24) is 4.31 Å². The largest absolute Gasteiger partial charge is 0.379 e. The molecule has 0 aliphatic carbocycles. The molecule has 0 unspecified atom stereocenters. The standard InChI is InChI=1S/C21H27N3O4S/c1-15-12-16(2)21(17(3)13-15)23-20(25)14-22-18-4-6-19(7-5-18)29(26,27)24-8-10-28-11-9-24/h4-7,12-13,22H,8-11,14H2,1-3H3,(H,23,25). The third kappa shape index (κ3) is 5.14. The predicted octanol–water partition coefficient (Wildman–Crippen LogP) is 2.68. The third-order valence-electron chi connectivity index (χ3n) is 4.86. The van der Waals surface area contributed by atoms with E-state index < -0.39 is 10.0 Å². The lowest BCUT2D eigenvalue weighted by molar-refractivity contribution is -0.114. The SMILES string of the molecule is Cc1cc(C)c(NC(=O)CNc2ccc(S(=O)(=O)N3CCOCC3)cc2)c(C)c1. The Kier molecular flexibility index (Phi) is 6.56. The van der Waals surface area contributed by atoms with E-state index in [9.17, 15) is 13.2 Å². The smallest absolute Gasteiger partial charge is 0.243 e. The van der Waals surface area contributed by atoms with Gasteiger partial charge in [-0.25, -0.2) is 8.42 Å². The number of hydrogen-bond acceptors (Lipinski definition) is 5. The average molecular weight is 418 g/mol. The molecule has 0 saturated carbocycles. The number of morpholine rings is 1. The highest BCUT2D eigenvalue weighted by molar-refractivity contribution is 7.89. The van der Waals surface area contributed by atoms with Crippen LogP contribution in [-0.4, -0.2) is 51.5 Å². The number of hydrogen-bond donors (Lipinski definition) is 2. The van der Waals surface area contributed by atoms with Crippen LogP contribution in [-0.2, 0) is 19.6 Å². The lowest BCUT2D eigenvalue weighted by Gasteiger charge is -2.26. The molecule has 0 aromatic heterocycles. The van der Waals surface area contributed by atoms with Crippen molar-refractivity contribution in [3.05, 3.63) is 53.1 Å². The fraction of sp³-hybridized carbons (Fsp3) is 0.381. The van der Waals surface area contributed by atoms with Gasteiger partial charge in [-0.3, -0.25) is 4.79 Å². The Morgan fingerprint density at radius 1 is 1.03 bits per heavy atom.